The molecule has 0 aliphatic heterocycles. The van der Waals surface area contributed by atoms with Crippen LogP contribution in [-0.4, -0.2) is 34.9 Å². The number of carbonyl (C=O) groups is 1. The van der Waals surface area contributed by atoms with Gasteiger partial charge in [0.2, 0.25) is 5.91 Å². The summed E-state index contributed by atoms with van der Waals surface area (Å²) in [5.74, 6) is -0.0556. The lowest BCUT2D eigenvalue weighted by Crippen LogP contribution is -2.45. The van der Waals surface area contributed by atoms with E-state index in [1.54, 1.807) is 6.08 Å². The van der Waals surface area contributed by atoms with Crippen molar-refractivity contribution in [3.63, 3.8) is 0 Å². The summed E-state index contributed by atoms with van der Waals surface area (Å²) in [6, 6.07) is -0.623. The molecule has 0 radical (unpaired) electrons. The third-order valence-corrected chi connectivity index (χ3v) is 17.0. The Labute approximate surface area is 502 Å². The number of rotatable bonds is 68. The van der Waals surface area contributed by atoms with Crippen LogP contribution < -0.4 is 5.32 Å². The lowest BCUT2D eigenvalue weighted by Gasteiger charge is -2.20. The SMILES string of the molecule is CC/C=C\C/C=C\C/C=C\C/C=C\CCCCCCCCCCCCCCCCCCCCCCCCCCCCC(=O)NC(CO)C(O)/C=C/CCCCCCCCCCCCCCCCCCCCCCCCCCCCC. The standard InChI is InChI=1S/C76H143NO3/c1-3-5-7-9-11-13-15-17-19-21-23-25-27-29-31-33-34-35-36-37-38-39-40-41-42-44-46-48-50-52-54-56-58-60-62-64-66-68-70-72-76(80)77-74(73-78)75(79)71-69-67-65-63-61-59-57-55-53-51-49-47-45-43-32-30-28-26-24-22-20-18-16-14-12-10-8-6-4-2/h5,7,11,13,17,19,23,25,69,71,74-75,78-79H,3-4,6,8-10,12,14-16,18,20-22,24,26-68,70,72-73H2,1-2H3,(H,77,80)/b7-5-,13-11-,19-17-,25-23-,71-69+. The predicted octanol–water partition coefficient (Wildman–Crippen LogP) is 25.1. The smallest absolute Gasteiger partial charge is 0.220 e. The summed E-state index contributed by atoms with van der Waals surface area (Å²) in [6.07, 6.45) is 102. The van der Waals surface area contributed by atoms with E-state index in [1.807, 2.05) is 6.08 Å². The molecule has 470 valence electrons. The predicted molar refractivity (Wildman–Crippen MR) is 359 cm³/mol. The van der Waals surface area contributed by atoms with E-state index >= 15 is 0 Å². The van der Waals surface area contributed by atoms with Crippen LogP contribution >= 0.6 is 0 Å². The number of hydrogen-bond acceptors (Lipinski definition) is 3. The number of aliphatic hydroxyl groups is 2. The lowest BCUT2D eigenvalue weighted by atomic mass is 10.0. The average molecular weight is 1120 g/mol. The van der Waals surface area contributed by atoms with Gasteiger partial charge in [-0.15, -0.1) is 0 Å². The minimum absolute atomic E-state index is 0.0556. The Morgan fingerprint density at radius 2 is 0.550 bits per heavy atom. The number of nitrogens with one attached hydrogen (secondary N) is 1. The molecule has 3 N–H and O–H groups in total. The zero-order valence-corrected chi connectivity index (χ0v) is 54.4. The van der Waals surface area contributed by atoms with Crippen LogP contribution in [0.2, 0.25) is 0 Å². The molecular formula is C76H143NO3. The normalized spacial score (nSPS) is 13.0. The van der Waals surface area contributed by atoms with E-state index in [9.17, 15) is 15.0 Å². The first-order valence-corrected chi connectivity index (χ1v) is 36.5. The maximum Gasteiger partial charge on any atom is 0.220 e. The Morgan fingerprint density at radius 1 is 0.312 bits per heavy atom. The van der Waals surface area contributed by atoms with Crippen LogP contribution in [0.25, 0.3) is 0 Å². The van der Waals surface area contributed by atoms with E-state index in [2.05, 4.69) is 67.8 Å². The van der Waals surface area contributed by atoms with Crippen LogP contribution in [-0.2, 0) is 4.79 Å². The average Bonchev–Trinajstić information content (AvgIpc) is 3.46. The molecule has 0 spiro atoms. The molecule has 0 saturated carbocycles. The summed E-state index contributed by atoms with van der Waals surface area (Å²) in [6.45, 7) is 4.24. The molecule has 2 atom stereocenters. The molecule has 0 saturated heterocycles. The number of carbonyl (C=O) groups excluding carboxylic acids is 1. The second kappa shape index (κ2) is 71.4. The lowest BCUT2D eigenvalue weighted by molar-refractivity contribution is -0.123. The first-order valence-electron chi connectivity index (χ1n) is 36.5. The molecule has 4 nitrogen and oxygen atoms in total. The van der Waals surface area contributed by atoms with Gasteiger partial charge in [-0.1, -0.05) is 396 Å². The monoisotopic (exact) mass is 1120 g/mol. The van der Waals surface area contributed by atoms with Crippen molar-refractivity contribution in [1.82, 2.24) is 5.32 Å². The molecule has 0 rings (SSSR count). The van der Waals surface area contributed by atoms with Crippen LogP contribution in [0.4, 0.5) is 0 Å². The summed E-state index contributed by atoms with van der Waals surface area (Å²) in [5.41, 5.74) is 0. The van der Waals surface area contributed by atoms with Gasteiger partial charge in [0.25, 0.3) is 0 Å². The van der Waals surface area contributed by atoms with Crippen molar-refractivity contribution in [2.45, 2.75) is 411 Å². The number of allylic oxidation sites excluding steroid dienone is 9. The highest BCUT2D eigenvalue weighted by molar-refractivity contribution is 5.76. The quantitative estimate of drug-likeness (QED) is 0.0420. The minimum atomic E-state index is -0.840. The van der Waals surface area contributed by atoms with Gasteiger partial charge in [0.05, 0.1) is 18.8 Å². The summed E-state index contributed by atoms with van der Waals surface area (Å²) in [7, 11) is 0. The number of amides is 1. The molecule has 0 aromatic rings. The van der Waals surface area contributed by atoms with Gasteiger partial charge in [0.15, 0.2) is 0 Å². The second-order valence-corrected chi connectivity index (χ2v) is 25.0. The molecule has 2 unspecified atom stereocenters. The molecule has 0 aliphatic carbocycles. The molecule has 0 heterocycles. The van der Waals surface area contributed by atoms with Crippen molar-refractivity contribution in [3.05, 3.63) is 60.8 Å². The minimum Gasteiger partial charge on any atom is -0.394 e. The number of aliphatic hydroxyl groups excluding tert-OH is 2. The Hall–Kier alpha value is -1.91. The highest BCUT2D eigenvalue weighted by Crippen LogP contribution is 2.19. The zero-order chi connectivity index (χ0) is 57.6. The van der Waals surface area contributed by atoms with E-state index in [-0.39, 0.29) is 12.5 Å². The van der Waals surface area contributed by atoms with Gasteiger partial charge in [-0.05, 0) is 57.8 Å². The van der Waals surface area contributed by atoms with E-state index in [0.717, 1.165) is 51.4 Å². The molecule has 0 fully saturated rings. The zero-order valence-electron chi connectivity index (χ0n) is 54.4. The molecular weight excluding hydrogens is 975 g/mol. The number of hydrogen-bond donors (Lipinski definition) is 3. The highest BCUT2D eigenvalue weighted by atomic mass is 16.3. The Kier molecular flexibility index (Phi) is 69.6. The Morgan fingerprint density at radius 3 is 0.825 bits per heavy atom. The van der Waals surface area contributed by atoms with Gasteiger partial charge < -0.3 is 15.5 Å². The molecule has 0 aromatic carbocycles. The van der Waals surface area contributed by atoms with Gasteiger partial charge in [0.1, 0.15) is 0 Å². The fraction of sp³-hybridized carbons (Fsp3) is 0.855. The van der Waals surface area contributed by atoms with E-state index in [0.29, 0.717) is 6.42 Å². The fourth-order valence-electron chi connectivity index (χ4n) is 11.5. The van der Waals surface area contributed by atoms with Crippen LogP contribution in [0.3, 0.4) is 0 Å². The van der Waals surface area contributed by atoms with Crippen LogP contribution in [0.1, 0.15) is 399 Å². The first kappa shape index (κ1) is 78.1. The molecule has 0 aliphatic rings. The molecule has 0 aromatic heterocycles. The number of unbranched alkanes of at least 4 members (excludes halogenated alkanes) is 53. The van der Waals surface area contributed by atoms with Crippen molar-refractivity contribution in [3.8, 4) is 0 Å². The topological polar surface area (TPSA) is 69.6 Å². The molecule has 0 bridgehead atoms. The summed E-state index contributed by atoms with van der Waals surface area (Å²) >= 11 is 0. The van der Waals surface area contributed by atoms with Crippen LogP contribution in [0.15, 0.2) is 60.8 Å². The van der Waals surface area contributed by atoms with Crippen molar-refractivity contribution < 1.29 is 15.0 Å². The Balaban J connectivity index is 3.40. The third-order valence-electron chi connectivity index (χ3n) is 17.0. The van der Waals surface area contributed by atoms with Gasteiger partial charge >= 0.3 is 0 Å². The van der Waals surface area contributed by atoms with Crippen LogP contribution in [0, 0.1) is 0 Å². The maximum absolute atomic E-state index is 12.6. The third kappa shape index (κ3) is 66.9. The van der Waals surface area contributed by atoms with E-state index in [4.69, 9.17) is 0 Å². The fourth-order valence-corrected chi connectivity index (χ4v) is 11.5. The summed E-state index contributed by atoms with van der Waals surface area (Å²) in [5, 5.41) is 23.3. The van der Waals surface area contributed by atoms with Crippen molar-refractivity contribution in [2.24, 2.45) is 0 Å². The summed E-state index contributed by atoms with van der Waals surface area (Å²) in [4.78, 5) is 12.6. The van der Waals surface area contributed by atoms with Crippen LogP contribution in [0.5, 0.6) is 0 Å². The van der Waals surface area contributed by atoms with Gasteiger partial charge in [0, 0.05) is 6.42 Å². The van der Waals surface area contributed by atoms with Crippen molar-refractivity contribution in [1.29, 1.82) is 0 Å². The second-order valence-electron chi connectivity index (χ2n) is 25.0. The highest BCUT2D eigenvalue weighted by Gasteiger charge is 2.18. The van der Waals surface area contributed by atoms with Gasteiger partial charge in [-0.3, -0.25) is 4.79 Å². The van der Waals surface area contributed by atoms with E-state index in [1.165, 1.54) is 327 Å². The van der Waals surface area contributed by atoms with Crippen molar-refractivity contribution >= 4 is 5.91 Å². The molecule has 80 heavy (non-hydrogen) atoms. The Bertz CT molecular complexity index is 1310. The first-order chi connectivity index (χ1) is 39.7. The van der Waals surface area contributed by atoms with Gasteiger partial charge in [-0.25, -0.2) is 0 Å². The van der Waals surface area contributed by atoms with Crippen molar-refractivity contribution in [2.75, 3.05) is 6.61 Å². The molecule has 1 amide bonds. The summed E-state index contributed by atoms with van der Waals surface area (Å²) < 4.78 is 0. The van der Waals surface area contributed by atoms with Gasteiger partial charge in [-0.2, -0.15) is 0 Å². The molecule has 4 heteroatoms. The van der Waals surface area contributed by atoms with E-state index < -0.39 is 12.1 Å². The largest absolute Gasteiger partial charge is 0.394 e. The maximum atomic E-state index is 12.6.